The average molecular weight is 351 g/mol. The minimum Gasteiger partial charge on any atom is -0.283 e. The fraction of sp³-hybridized carbons (Fsp3) is 0.267. The van der Waals surface area contributed by atoms with Crippen LogP contribution in [0.15, 0.2) is 46.4 Å². The normalized spacial score (nSPS) is 13.8. The van der Waals surface area contributed by atoms with Crippen molar-refractivity contribution in [2.24, 2.45) is 4.99 Å². The van der Waals surface area contributed by atoms with Gasteiger partial charge >= 0.3 is 0 Å². The average Bonchev–Trinajstić information content (AvgIpc) is 2.54. The third-order valence-corrected chi connectivity index (χ3v) is 4.85. The maximum absolute atomic E-state index is 13.0. The zero-order valence-electron chi connectivity index (χ0n) is 13.5. The van der Waals surface area contributed by atoms with E-state index in [0.717, 1.165) is 4.68 Å². The maximum atomic E-state index is 13.0. The Morgan fingerprint density at radius 1 is 1.29 bits per heavy atom. The predicted molar refractivity (Wildman–Crippen MR) is 87.6 cm³/mol. The Hall–Kier alpha value is -2.39. The third kappa shape index (κ3) is 3.92. The number of nitrogens with one attached hydrogen (secondary N) is 2. The van der Waals surface area contributed by atoms with Crippen LogP contribution in [0.1, 0.15) is 25.5 Å². The minimum absolute atomic E-state index is 0.0173. The van der Waals surface area contributed by atoms with Crippen molar-refractivity contribution in [2.45, 2.75) is 24.9 Å². The van der Waals surface area contributed by atoms with Crippen LogP contribution in [-0.4, -0.2) is 31.1 Å². The Labute approximate surface area is 139 Å². The van der Waals surface area contributed by atoms with E-state index in [4.69, 9.17) is 5.41 Å². The smallest absolute Gasteiger partial charge is 0.260 e. The van der Waals surface area contributed by atoms with E-state index >= 15 is 0 Å². The molecular formula is C15H18FN5O2S. The number of aromatic nitrogens is 2. The molecule has 2 rings (SSSR count). The number of sulfonamides is 1. The molecule has 2 N–H and O–H groups in total. The van der Waals surface area contributed by atoms with Crippen molar-refractivity contribution in [1.82, 2.24) is 14.5 Å². The van der Waals surface area contributed by atoms with Crippen molar-refractivity contribution in [2.75, 3.05) is 7.05 Å². The molecule has 0 fully saturated rings. The van der Waals surface area contributed by atoms with E-state index in [2.05, 4.69) is 14.8 Å². The summed E-state index contributed by atoms with van der Waals surface area (Å²) >= 11 is 0. The molecule has 0 saturated heterocycles. The van der Waals surface area contributed by atoms with Gasteiger partial charge in [0.2, 0.25) is 0 Å². The van der Waals surface area contributed by atoms with Crippen LogP contribution in [-0.2, 0) is 10.0 Å². The van der Waals surface area contributed by atoms with Gasteiger partial charge in [-0.25, -0.2) is 22.2 Å². The molecule has 7 nitrogen and oxygen atoms in total. The van der Waals surface area contributed by atoms with Crippen molar-refractivity contribution >= 4 is 15.9 Å². The highest BCUT2D eigenvalue weighted by molar-refractivity contribution is 7.89. The first kappa shape index (κ1) is 18.0. The van der Waals surface area contributed by atoms with Gasteiger partial charge < -0.3 is 0 Å². The molecule has 0 bridgehead atoms. The van der Waals surface area contributed by atoms with Gasteiger partial charge in [-0.05, 0) is 43.7 Å². The van der Waals surface area contributed by atoms with E-state index in [9.17, 15) is 12.8 Å². The molecular weight excluding hydrogens is 333 g/mol. The minimum atomic E-state index is -3.91. The van der Waals surface area contributed by atoms with Crippen molar-refractivity contribution in [3.05, 3.63) is 53.3 Å². The number of rotatable bonds is 4. The van der Waals surface area contributed by atoms with E-state index in [1.54, 1.807) is 13.8 Å². The molecule has 9 heteroatoms. The lowest BCUT2D eigenvalue weighted by atomic mass is 10.1. The van der Waals surface area contributed by atoms with Gasteiger partial charge in [0.15, 0.2) is 5.03 Å². The first-order chi connectivity index (χ1) is 11.2. The quantitative estimate of drug-likeness (QED) is 0.644. The van der Waals surface area contributed by atoms with Crippen LogP contribution in [0.4, 0.5) is 4.39 Å². The fourth-order valence-electron chi connectivity index (χ4n) is 2.00. The zero-order valence-corrected chi connectivity index (χ0v) is 14.3. The van der Waals surface area contributed by atoms with Crippen molar-refractivity contribution in [3.8, 4) is 0 Å². The SMILES string of the molecule is C/N=C(\C)n1nc(S(=O)(=O)N[C@@H](C)c2ccc(F)cc2)ccc1=N. The van der Waals surface area contributed by atoms with Crippen molar-refractivity contribution in [3.63, 3.8) is 0 Å². The summed E-state index contributed by atoms with van der Waals surface area (Å²) in [6.45, 7) is 3.27. The Morgan fingerprint density at radius 2 is 1.92 bits per heavy atom. The molecule has 128 valence electrons. The molecule has 0 saturated carbocycles. The molecule has 1 aromatic heterocycles. The summed E-state index contributed by atoms with van der Waals surface area (Å²) in [5.74, 6) is 0.000473. The second kappa shape index (κ2) is 7.02. The van der Waals surface area contributed by atoms with Crippen molar-refractivity contribution in [1.29, 1.82) is 5.41 Å². The van der Waals surface area contributed by atoms with E-state index in [0.29, 0.717) is 11.4 Å². The summed E-state index contributed by atoms with van der Waals surface area (Å²) in [4.78, 5) is 3.91. The van der Waals surface area contributed by atoms with Gasteiger partial charge in [0.25, 0.3) is 10.0 Å². The summed E-state index contributed by atoms with van der Waals surface area (Å²) in [7, 11) is -2.39. The molecule has 0 aliphatic rings. The summed E-state index contributed by atoms with van der Waals surface area (Å²) < 4.78 is 41.6. The van der Waals surface area contributed by atoms with Gasteiger partial charge in [-0.1, -0.05) is 12.1 Å². The highest BCUT2D eigenvalue weighted by atomic mass is 32.2. The number of aliphatic imine (C=N–C) groups is 1. The summed E-state index contributed by atoms with van der Waals surface area (Å²) in [6, 6.07) is 7.57. The van der Waals surface area contributed by atoms with Crippen LogP contribution < -0.4 is 10.2 Å². The number of hydrogen-bond acceptors (Lipinski definition) is 5. The van der Waals surface area contributed by atoms with Crippen LogP contribution in [0.2, 0.25) is 0 Å². The monoisotopic (exact) mass is 351 g/mol. The van der Waals surface area contributed by atoms with Gasteiger partial charge in [0, 0.05) is 13.1 Å². The Kier molecular flexibility index (Phi) is 5.25. The molecule has 1 aromatic carbocycles. The van der Waals surface area contributed by atoms with Gasteiger partial charge in [0.05, 0.1) is 0 Å². The largest absolute Gasteiger partial charge is 0.283 e. The Bertz CT molecular complexity index is 920. The molecule has 24 heavy (non-hydrogen) atoms. The van der Waals surface area contributed by atoms with Crippen LogP contribution >= 0.6 is 0 Å². The van der Waals surface area contributed by atoms with Crippen LogP contribution in [0, 0.1) is 11.2 Å². The molecule has 1 atom stereocenters. The van der Waals surface area contributed by atoms with E-state index < -0.39 is 21.9 Å². The second-order valence-corrected chi connectivity index (χ2v) is 6.79. The Morgan fingerprint density at radius 3 is 2.50 bits per heavy atom. The highest BCUT2D eigenvalue weighted by Gasteiger charge is 2.21. The number of nitrogens with zero attached hydrogens (tertiary/aromatic N) is 3. The summed E-state index contributed by atoms with van der Waals surface area (Å²) in [6.07, 6.45) is 0. The van der Waals surface area contributed by atoms with Gasteiger partial charge in [0.1, 0.15) is 17.1 Å². The first-order valence-corrected chi connectivity index (χ1v) is 8.59. The summed E-state index contributed by atoms with van der Waals surface area (Å²) in [5.41, 5.74) is 0.639. The number of benzene rings is 1. The molecule has 0 aliphatic carbocycles. The second-order valence-electron chi connectivity index (χ2n) is 5.13. The molecule has 1 heterocycles. The lowest BCUT2D eigenvalue weighted by Gasteiger charge is -2.15. The summed E-state index contributed by atoms with van der Waals surface area (Å²) in [5, 5.41) is 11.5. The van der Waals surface area contributed by atoms with Crippen LogP contribution in [0.3, 0.4) is 0 Å². The number of halogens is 1. The molecule has 0 unspecified atom stereocenters. The van der Waals surface area contributed by atoms with Crippen LogP contribution in [0.5, 0.6) is 0 Å². The van der Waals surface area contributed by atoms with Crippen LogP contribution in [0.25, 0.3) is 0 Å². The standard InChI is InChI=1S/C15H18FN5O2S/c1-10(12-4-6-13(16)7-5-12)20-24(22,23)15-9-8-14(17)21(19-15)11(2)18-3/h4-10,17,20H,1-3H3/b17-14?,18-11+/t10-/m0/s1. The van der Waals surface area contributed by atoms with E-state index in [-0.39, 0.29) is 10.5 Å². The van der Waals surface area contributed by atoms with Crippen molar-refractivity contribution < 1.29 is 12.8 Å². The van der Waals surface area contributed by atoms with Gasteiger partial charge in [-0.15, -0.1) is 0 Å². The van der Waals surface area contributed by atoms with Gasteiger partial charge in [-0.3, -0.25) is 10.4 Å². The predicted octanol–water partition coefficient (Wildman–Crippen LogP) is 1.44. The first-order valence-electron chi connectivity index (χ1n) is 7.11. The fourth-order valence-corrected chi connectivity index (χ4v) is 3.16. The van der Waals surface area contributed by atoms with Gasteiger partial charge in [-0.2, -0.15) is 5.10 Å². The molecule has 0 radical (unpaired) electrons. The van der Waals surface area contributed by atoms with E-state index in [1.807, 2.05) is 0 Å². The maximum Gasteiger partial charge on any atom is 0.260 e. The highest BCUT2D eigenvalue weighted by Crippen LogP contribution is 2.16. The molecule has 2 aromatic rings. The number of hydrogen-bond donors (Lipinski definition) is 2. The lowest BCUT2D eigenvalue weighted by molar-refractivity contribution is 0.557. The topological polar surface area (TPSA) is 100 Å². The molecule has 0 spiro atoms. The third-order valence-electron chi connectivity index (χ3n) is 3.42. The lowest BCUT2D eigenvalue weighted by Crippen LogP contribution is -2.33. The molecule has 0 amide bonds. The zero-order chi connectivity index (χ0) is 17.9. The molecule has 0 aliphatic heterocycles. The Balaban J connectivity index is 2.33. The van der Waals surface area contributed by atoms with E-state index in [1.165, 1.54) is 43.4 Å².